The molecule has 1 aliphatic rings. The van der Waals surface area contributed by atoms with Gasteiger partial charge in [0.1, 0.15) is 0 Å². The van der Waals surface area contributed by atoms with E-state index < -0.39 is 0 Å². The molecule has 21 heavy (non-hydrogen) atoms. The Morgan fingerprint density at radius 2 is 1.67 bits per heavy atom. The van der Waals surface area contributed by atoms with E-state index in [0.29, 0.717) is 6.04 Å². The third-order valence-electron chi connectivity index (χ3n) is 5.48. The fraction of sp³-hybridized carbons (Fsp3) is 0.900. The predicted molar refractivity (Wildman–Crippen MR) is 95.6 cm³/mol. The van der Waals surface area contributed by atoms with Gasteiger partial charge in [-0.1, -0.05) is 52.2 Å². The Balaban J connectivity index is 2.23. The summed E-state index contributed by atoms with van der Waals surface area (Å²) in [7, 11) is 2.13. The zero-order chi connectivity index (χ0) is 15.7. The fourth-order valence-electron chi connectivity index (χ4n) is 3.93. The molecular weight excluding hydrogens is 254 g/mol. The summed E-state index contributed by atoms with van der Waals surface area (Å²) in [6.45, 7) is 9.26. The lowest BCUT2D eigenvalue weighted by molar-refractivity contribution is 0.236. The first-order valence-electron chi connectivity index (χ1n) is 9.35. The zero-order valence-electron chi connectivity index (χ0n) is 15.2. The van der Waals surface area contributed by atoms with Crippen LogP contribution in [-0.4, -0.2) is 13.1 Å². The molecular formula is C20H39N. The molecule has 2 unspecified atom stereocenters. The lowest BCUT2D eigenvalue weighted by Gasteiger charge is -2.30. The minimum absolute atomic E-state index is 0.705. The van der Waals surface area contributed by atoms with Gasteiger partial charge in [-0.3, -0.25) is 0 Å². The standard InChI is InChI=1S/C20H39N/c1-6-7-8-18-11-13-19(14-12-18)10-9-17(4)20(21-5)15-16(2)3/h6-7,16-21H,8-15H2,1-5H3/b7-6-. The molecule has 1 aliphatic carbocycles. The van der Waals surface area contributed by atoms with Gasteiger partial charge in [0, 0.05) is 6.04 Å². The normalized spacial score (nSPS) is 26.4. The summed E-state index contributed by atoms with van der Waals surface area (Å²) in [4.78, 5) is 0. The number of rotatable bonds is 9. The van der Waals surface area contributed by atoms with E-state index in [4.69, 9.17) is 0 Å². The Morgan fingerprint density at radius 1 is 1.05 bits per heavy atom. The van der Waals surface area contributed by atoms with Gasteiger partial charge in [-0.05, 0) is 69.7 Å². The monoisotopic (exact) mass is 293 g/mol. The zero-order valence-corrected chi connectivity index (χ0v) is 15.2. The van der Waals surface area contributed by atoms with Crippen LogP contribution in [0.3, 0.4) is 0 Å². The fourth-order valence-corrected chi connectivity index (χ4v) is 3.93. The maximum atomic E-state index is 3.54. The second-order valence-electron chi connectivity index (χ2n) is 7.77. The molecule has 1 rings (SSSR count). The number of allylic oxidation sites excluding steroid dienone is 2. The largest absolute Gasteiger partial charge is 0.317 e. The van der Waals surface area contributed by atoms with Crippen LogP contribution in [0, 0.1) is 23.7 Å². The molecule has 1 saturated carbocycles. The SMILES string of the molecule is C/C=C\CC1CCC(CCC(C)C(CC(C)C)NC)CC1. The van der Waals surface area contributed by atoms with E-state index in [1.54, 1.807) is 0 Å². The first-order chi connectivity index (χ1) is 10.1. The van der Waals surface area contributed by atoms with Crippen molar-refractivity contribution in [2.24, 2.45) is 23.7 Å². The molecule has 1 fully saturated rings. The van der Waals surface area contributed by atoms with E-state index in [1.807, 2.05) is 0 Å². The Hall–Kier alpha value is -0.300. The van der Waals surface area contributed by atoms with Crippen molar-refractivity contribution in [2.45, 2.75) is 85.1 Å². The summed E-state index contributed by atoms with van der Waals surface area (Å²) in [5.74, 6) is 3.59. The van der Waals surface area contributed by atoms with Crippen molar-refractivity contribution in [3.63, 3.8) is 0 Å². The Labute approximate surface area is 134 Å². The summed E-state index contributed by atoms with van der Waals surface area (Å²) in [6, 6.07) is 0.705. The predicted octanol–water partition coefficient (Wildman–Crippen LogP) is 5.81. The third-order valence-corrected chi connectivity index (χ3v) is 5.48. The molecule has 0 bridgehead atoms. The maximum absolute atomic E-state index is 3.54. The summed E-state index contributed by atoms with van der Waals surface area (Å²) in [5.41, 5.74) is 0. The smallest absolute Gasteiger partial charge is 0.00921 e. The molecule has 124 valence electrons. The van der Waals surface area contributed by atoms with Crippen molar-refractivity contribution < 1.29 is 0 Å². The third kappa shape index (κ3) is 7.49. The van der Waals surface area contributed by atoms with Crippen LogP contribution < -0.4 is 5.32 Å². The molecule has 1 heteroatoms. The molecule has 0 aromatic rings. The van der Waals surface area contributed by atoms with Gasteiger partial charge in [0.05, 0.1) is 0 Å². The number of hydrogen-bond acceptors (Lipinski definition) is 1. The molecule has 2 atom stereocenters. The summed E-state index contributed by atoms with van der Waals surface area (Å²) in [6.07, 6.45) is 15.9. The van der Waals surface area contributed by atoms with Gasteiger partial charge in [0.2, 0.25) is 0 Å². The van der Waals surface area contributed by atoms with Crippen molar-refractivity contribution in [1.29, 1.82) is 0 Å². The minimum Gasteiger partial charge on any atom is -0.317 e. The highest BCUT2D eigenvalue weighted by Crippen LogP contribution is 2.34. The van der Waals surface area contributed by atoms with Gasteiger partial charge in [-0.2, -0.15) is 0 Å². The van der Waals surface area contributed by atoms with Gasteiger partial charge in [-0.25, -0.2) is 0 Å². The maximum Gasteiger partial charge on any atom is 0.00921 e. The minimum atomic E-state index is 0.705. The first-order valence-corrected chi connectivity index (χ1v) is 9.35. The van der Waals surface area contributed by atoms with Crippen molar-refractivity contribution in [1.82, 2.24) is 5.32 Å². The second kappa shape index (κ2) is 10.4. The Bertz CT molecular complexity index is 274. The number of nitrogens with one attached hydrogen (secondary N) is 1. The van der Waals surface area contributed by atoms with Gasteiger partial charge in [0.15, 0.2) is 0 Å². The van der Waals surface area contributed by atoms with Crippen molar-refractivity contribution in [3.8, 4) is 0 Å². The van der Waals surface area contributed by atoms with Crippen molar-refractivity contribution in [3.05, 3.63) is 12.2 Å². The number of hydrogen-bond donors (Lipinski definition) is 1. The molecule has 0 aliphatic heterocycles. The van der Waals surface area contributed by atoms with Crippen LogP contribution >= 0.6 is 0 Å². The van der Waals surface area contributed by atoms with E-state index in [-0.39, 0.29) is 0 Å². The molecule has 1 N–H and O–H groups in total. The quantitative estimate of drug-likeness (QED) is 0.529. The lowest BCUT2D eigenvalue weighted by atomic mass is 9.77. The van der Waals surface area contributed by atoms with Crippen molar-refractivity contribution >= 4 is 0 Å². The van der Waals surface area contributed by atoms with Crippen LogP contribution in [0.15, 0.2) is 12.2 Å². The molecule has 0 radical (unpaired) electrons. The van der Waals surface area contributed by atoms with E-state index in [0.717, 1.165) is 23.7 Å². The molecule has 0 amide bonds. The second-order valence-corrected chi connectivity index (χ2v) is 7.77. The van der Waals surface area contributed by atoms with Gasteiger partial charge < -0.3 is 5.32 Å². The van der Waals surface area contributed by atoms with Crippen LogP contribution in [0.5, 0.6) is 0 Å². The van der Waals surface area contributed by atoms with E-state index in [9.17, 15) is 0 Å². The van der Waals surface area contributed by atoms with Crippen LogP contribution in [0.2, 0.25) is 0 Å². The average Bonchev–Trinajstić information content (AvgIpc) is 2.49. The molecule has 0 spiro atoms. The van der Waals surface area contributed by atoms with E-state index in [2.05, 4.69) is 52.2 Å². The van der Waals surface area contributed by atoms with Crippen LogP contribution in [-0.2, 0) is 0 Å². The van der Waals surface area contributed by atoms with Crippen LogP contribution in [0.1, 0.15) is 79.1 Å². The van der Waals surface area contributed by atoms with Crippen LogP contribution in [0.25, 0.3) is 0 Å². The molecule has 0 saturated heterocycles. The summed E-state index contributed by atoms with van der Waals surface area (Å²) >= 11 is 0. The average molecular weight is 294 g/mol. The molecule has 1 nitrogen and oxygen atoms in total. The highest BCUT2D eigenvalue weighted by molar-refractivity contribution is 4.83. The summed E-state index contributed by atoms with van der Waals surface area (Å²) in [5, 5.41) is 3.54. The Kier molecular flexibility index (Phi) is 9.31. The molecule has 0 heterocycles. The van der Waals surface area contributed by atoms with Crippen molar-refractivity contribution in [2.75, 3.05) is 7.05 Å². The van der Waals surface area contributed by atoms with E-state index in [1.165, 1.54) is 51.4 Å². The summed E-state index contributed by atoms with van der Waals surface area (Å²) < 4.78 is 0. The highest BCUT2D eigenvalue weighted by Gasteiger charge is 2.22. The van der Waals surface area contributed by atoms with Crippen LogP contribution in [0.4, 0.5) is 0 Å². The lowest BCUT2D eigenvalue weighted by Crippen LogP contribution is -2.33. The Morgan fingerprint density at radius 3 is 2.19 bits per heavy atom. The molecule has 0 aromatic heterocycles. The first kappa shape index (κ1) is 18.7. The van der Waals surface area contributed by atoms with Gasteiger partial charge >= 0.3 is 0 Å². The topological polar surface area (TPSA) is 12.0 Å². The highest BCUT2D eigenvalue weighted by atomic mass is 14.9. The van der Waals surface area contributed by atoms with E-state index >= 15 is 0 Å². The van der Waals surface area contributed by atoms with Gasteiger partial charge in [0.25, 0.3) is 0 Å². The molecule has 0 aromatic carbocycles. The van der Waals surface area contributed by atoms with Gasteiger partial charge in [-0.15, -0.1) is 0 Å².